The van der Waals surface area contributed by atoms with E-state index in [0.29, 0.717) is 0 Å². The highest BCUT2D eigenvalue weighted by molar-refractivity contribution is 4.70. The van der Waals surface area contributed by atoms with E-state index >= 15 is 0 Å². The molecular weight excluding hydrogens is 436 g/mol. The zero-order valence-electron chi connectivity index (χ0n) is 24.8. The molecule has 0 aromatic heterocycles. The van der Waals surface area contributed by atoms with Crippen molar-refractivity contribution in [3.05, 3.63) is 0 Å². The van der Waals surface area contributed by atoms with Crippen LogP contribution < -0.4 is 0 Å². The maximum absolute atomic E-state index is 5.51. The van der Waals surface area contributed by atoms with E-state index in [1.165, 1.54) is 122 Å². The lowest BCUT2D eigenvalue weighted by Crippen LogP contribution is -2.19. The third-order valence-electron chi connectivity index (χ3n) is 7.77. The van der Waals surface area contributed by atoms with Crippen molar-refractivity contribution in [3.63, 3.8) is 0 Å². The number of hydrogen-bond donors (Lipinski definition) is 0. The fourth-order valence-corrected chi connectivity index (χ4v) is 5.42. The molecule has 0 saturated heterocycles. The van der Waals surface area contributed by atoms with Gasteiger partial charge in [-0.2, -0.15) is 0 Å². The van der Waals surface area contributed by atoms with E-state index in [9.17, 15) is 0 Å². The topological polar surface area (TPSA) is 36.9 Å². The minimum absolute atomic E-state index is 0.0699. The lowest BCUT2D eigenvalue weighted by atomic mass is 9.82. The second-order valence-electron chi connectivity index (χ2n) is 10.7. The van der Waals surface area contributed by atoms with E-state index in [1.54, 1.807) is 28.4 Å². The standard InChI is InChI=1S/C31H64O4/c1-7-9-11-13-15-17-19-21-28(23-25-30(32-3)33-4)27-29(24-26-31(34-5)35-6)22-20-18-16-14-12-10-8-2/h28-31H,7-27H2,1-6H3. The Bertz CT molecular complexity index is 359. The number of rotatable bonds is 28. The van der Waals surface area contributed by atoms with E-state index in [2.05, 4.69) is 13.8 Å². The summed E-state index contributed by atoms with van der Waals surface area (Å²) in [7, 11) is 7.05. The molecule has 0 aliphatic rings. The molecule has 0 spiro atoms. The van der Waals surface area contributed by atoms with Crippen LogP contribution in [-0.4, -0.2) is 41.0 Å². The van der Waals surface area contributed by atoms with Crippen molar-refractivity contribution in [1.82, 2.24) is 0 Å². The van der Waals surface area contributed by atoms with Crippen molar-refractivity contribution < 1.29 is 18.9 Å². The summed E-state index contributed by atoms with van der Waals surface area (Å²) in [5.41, 5.74) is 0. The number of hydrogen-bond acceptors (Lipinski definition) is 4. The summed E-state index contributed by atoms with van der Waals surface area (Å²) in [6.07, 6.45) is 27.6. The molecule has 0 heterocycles. The summed E-state index contributed by atoms with van der Waals surface area (Å²) in [6, 6.07) is 0. The van der Waals surface area contributed by atoms with Crippen LogP contribution in [0.15, 0.2) is 0 Å². The van der Waals surface area contributed by atoms with E-state index in [0.717, 1.165) is 24.7 Å². The predicted octanol–water partition coefficient (Wildman–Crippen LogP) is 9.69. The fourth-order valence-electron chi connectivity index (χ4n) is 5.42. The highest BCUT2D eigenvalue weighted by atomic mass is 16.7. The highest BCUT2D eigenvalue weighted by Gasteiger charge is 2.20. The molecular formula is C31H64O4. The van der Waals surface area contributed by atoms with Crippen molar-refractivity contribution in [1.29, 1.82) is 0 Å². The summed E-state index contributed by atoms with van der Waals surface area (Å²) >= 11 is 0. The Balaban J connectivity index is 4.78. The van der Waals surface area contributed by atoms with Crippen molar-refractivity contribution in [2.75, 3.05) is 28.4 Å². The van der Waals surface area contributed by atoms with Crippen molar-refractivity contribution in [3.8, 4) is 0 Å². The Labute approximate surface area is 220 Å². The summed E-state index contributed by atoms with van der Waals surface area (Å²) in [5, 5.41) is 0. The molecule has 2 unspecified atom stereocenters. The van der Waals surface area contributed by atoms with E-state index < -0.39 is 0 Å². The first-order chi connectivity index (χ1) is 17.1. The molecule has 4 heteroatoms. The molecule has 0 aliphatic heterocycles. The Morgan fingerprint density at radius 3 is 1.00 bits per heavy atom. The first kappa shape index (κ1) is 34.8. The molecule has 0 aliphatic carbocycles. The van der Waals surface area contributed by atoms with Gasteiger partial charge in [-0.3, -0.25) is 0 Å². The maximum Gasteiger partial charge on any atom is 0.156 e. The lowest BCUT2D eigenvalue weighted by Gasteiger charge is -2.26. The SMILES string of the molecule is CCCCCCCCCC(CCC(OC)OC)CC(CCCCCCCCC)CCC(OC)OC. The Kier molecular flexibility index (Phi) is 26.8. The van der Waals surface area contributed by atoms with Gasteiger partial charge in [0.2, 0.25) is 0 Å². The minimum atomic E-state index is -0.0699. The van der Waals surface area contributed by atoms with Gasteiger partial charge in [0, 0.05) is 28.4 Å². The molecule has 35 heavy (non-hydrogen) atoms. The van der Waals surface area contributed by atoms with Crippen LogP contribution in [0.4, 0.5) is 0 Å². The molecule has 212 valence electrons. The highest BCUT2D eigenvalue weighted by Crippen LogP contribution is 2.31. The van der Waals surface area contributed by atoms with Gasteiger partial charge in [0.05, 0.1) is 0 Å². The summed E-state index contributed by atoms with van der Waals surface area (Å²) in [6.45, 7) is 4.59. The van der Waals surface area contributed by atoms with Crippen LogP contribution in [0.3, 0.4) is 0 Å². The number of unbranched alkanes of at least 4 members (excludes halogenated alkanes) is 12. The first-order valence-corrected chi connectivity index (χ1v) is 15.3. The molecule has 0 rings (SSSR count). The van der Waals surface area contributed by atoms with Gasteiger partial charge in [0.15, 0.2) is 12.6 Å². The van der Waals surface area contributed by atoms with Gasteiger partial charge >= 0.3 is 0 Å². The lowest BCUT2D eigenvalue weighted by molar-refractivity contribution is -0.110. The molecule has 0 bridgehead atoms. The van der Waals surface area contributed by atoms with Crippen LogP contribution >= 0.6 is 0 Å². The van der Waals surface area contributed by atoms with Gasteiger partial charge < -0.3 is 18.9 Å². The van der Waals surface area contributed by atoms with Crippen LogP contribution in [0.1, 0.15) is 149 Å². The Hall–Kier alpha value is -0.160. The van der Waals surface area contributed by atoms with Gasteiger partial charge in [-0.25, -0.2) is 0 Å². The molecule has 0 radical (unpaired) electrons. The van der Waals surface area contributed by atoms with Gasteiger partial charge in [0.25, 0.3) is 0 Å². The van der Waals surface area contributed by atoms with E-state index in [-0.39, 0.29) is 12.6 Å². The summed E-state index contributed by atoms with van der Waals surface area (Å²) in [4.78, 5) is 0. The zero-order chi connectivity index (χ0) is 26.0. The quantitative estimate of drug-likeness (QED) is 0.0791. The van der Waals surface area contributed by atoms with Gasteiger partial charge in [-0.05, 0) is 43.9 Å². The average molecular weight is 501 g/mol. The second-order valence-corrected chi connectivity index (χ2v) is 10.7. The number of ether oxygens (including phenoxy) is 4. The summed E-state index contributed by atoms with van der Waals surface area (Å²) < 4.78 is 22.0. The monoisotopic (exact) mass is 500 g/mol. The smallest absolute Gasteiger partial charge is 0.156 e. The molecule has 0 amide bonds. The molecule has 0 aromatic rings. The average Bonchev–Trinajstić information content (AvgIpc) is 2.88. The zero-order valence-corrected chi connectivity index (χ0v) is 24.8. The van der Waals surface area contributed by atoms with Gasteiger partial charge in [-0.1, -0.05) is 117 Å². The fraction of sp³-hybridized carbons (Fsp3) is 1.00. The largest absolute Gasteiger partial charge is 0.356 e. The normalized spacial score (nSPS) is 13.7. The maximum atomic E-state index is 5.51. The van der Waals surface area contributed by atoms with E-state index in [4.69, 9.17) is 18.9 Å². The van der Waals surface area contributed by atoms with E-state index in [1.807, 2.05) is 0 Å². The predicted molar refractivity (Wildman–Crippen MR) is 151 cm³/mol. The molecule has 0 fully saturated rings. The Morgan fingerprint density at radius 2 is 0.686 bits per heavy atom. The van der Waals surface area contributed by atoms with Crippen LogP contribution in [0.5, 0.6) is 0 Å². The molecule has 0 saturated carbocycles. The summed E-state index contributed by atoms with van der Waals surface area (Å²) in [5.74, 6) is 1.52. The molecule has 0 aromatic carbocycles. The van der Waals surface area contributed by atoms with Crippen LogP contribution in [0, 0.1) is 11.8 Å². The molecule has 0 N–H and O–H groups in total. The van der Waals surface area contributed by atoms with Crippen LogP contribution in [0.25, 0.3) is 0 Å². The van der Waals surface area contributed by atoms with Crippen molar-refractivity contribution in [2.24, 2.45) is 11.8 Å². The first-order valence-electron chi connectivity index (χ1n) is 15.3. The third kappa shape index (κ3) is 21.6. The molecule has 2 atom stereocenters. The van der Waals surface area contributed by atoms with Crippen molar-refractivity contribution >= 4 is 0 Å². The van der Waals surface area contributed by atoms with Crippen molar-refractivity contribution in [2.45, 2.75) is 161 Å². The van der Waals surface area contributed by atoms with Gasteiger partial charge in [0.1, 0.15) is 0 Å². The minimum Gasteiger partial charge on any atom is -0.356 e. The number of methoxy groups -OCH3 is 4. The van der Waals surface area contributed by atoms with Crippen LogP contribution in [0.2, 0.25) is 0 Å². The second kappa shape index (κ2) is 26.9. The van der Waals surface area contributed by atoms with Gasteiger partial charge in [-0.15, -0.1) is 0 Å². The Morgan fingerprint density at radius 1 is 0.371 bits per heavy atom. The third-order valence-corrected chi connectivity index (χ3v) is 7.77. The molecule has 4 nitrogen and oxygen atoms in total. The van der Waals surface area contributed by atoms with Crippen LogP contribution in [-0.2, 0) is 18.9 Å².